The number of rotatable bonds is 5. The molecule has 1 aliphatic heterocycles. The molecule has 0 aromatic heterocycles. The first-order valence-corrected chi connectivity index (χ1v) is 10.5. The Labute approximate surface area is 163 Å². The molecule has 1 aliphatic carbocycles. The van der Waals surface area contributed by atoms with Crippen LogP contribution in [-0.4, -0.2) is 36.9 Å². The predicted octanol–water partition coefficient (Wildman–Crippen LogP) is 4.38. The lowest BCUT2D eigenvalue weighted by molar-refractivity contribution is 0.208. The van der Waals surface area contributed by atoms with Gasteiger partial charge in [-0.05, 0) is 68.5 Å². The lowest BCUT2D eigenvalue weighted by Crippen LogP contribution is -2.50. The van der Waals surface area contributed by atoms with Crippen LogP contribution >= 0.6 is 0 Å². The van der Waals surface area contributed by atoms with Gasteiger partial charge < -0.3 is 15.3 Å². The maximum atomic E-state index is 9.99. The molecule has 3 nitrogen and oxygen atoms in total. The Balaban J connectivity index is 1.75. The fourth-order valence-corrected chi connectivity index (χ4v) is 5.16. The summed E-state index contributed by atoms with van der Waals surface area (Å²) in [4.78, 5) is 2.70. The van der Waals surface area contributed by atoms with Crippen LogP contribution in [0.3, 0.4) is 0 Å². The Morgan fingerprint density at radius 1 is 0.963 bits per heavy atom. The average Bonchev–Trinajstić information content (AvgIpc) is 3.19. The molecular formula is C24H32N2O. The third kappa shape index (κ3) is 3.76. The van der Waals surface area contributed by atoms with Gasteiger partial charge in [0.1, 0.15) is 0 Å². The maximum Gasteiger partial charge on any atom is 0.0478 e. The van der Waals surface area contributed by atoms with Crippen molar-refractivity contribution in [3.63, 3.8) is 0 Å². The van der Waals surface area contributed by atoms with Gasteiger partial charge in [0.2, 0.25) is 0 Å². The molecule has 0 spiro atoms. The molecule has 2 aromatic rings. The second kappa shape index (κ2) is 8.45. The molecule has 0 amide bonds. The summed E-state index contributed by atoms with van der Waals surface area (Å²) in [5, 5.41) is 13.5. The van der Waals surface area contributed by atoms with Gasteiger partial charge in [0.05, 0.1) is 0 Å². The van der Waals surface area contributed by atoms with E-state index in [1.54, 1.807) is 0 Å². The molecular weight excluding hydrogens is 332 g/mol. The summed E-state index contributed by atoms with van der Waals surface area (Å²) in [6.45, 7) is 4.77. The summed E-state index contributed by atoms with van der Waals surface area (Å²) >= 11 is 0. The van der Waals surface area contributed by atoms with Gasteiger partial charge in [0, 0.05) is 30.3 Å². The van der Waals surface area contributed by atoms with Gasteiger partial charge in [-0.2, -0.15) is 0 Å². The Kier molecular flexibility index (Phi) is 5.80. The molecule has 2 fully saturated rings. The minimum Gasteiger partial charge on any atom is -0.396 e. The Hall–Kier alpha value is -1.84. The van der Waals surface area contributed by atoms with Crippen molar-refractivity contribution in [3.8, 4) is 11.1 Å². The summed E-state index contributed by atoms with van der Waals surface area (Å²) in [5.74, 6) is 0.402. The van der Waals surface area contributed by atoms with Crippen molar-refractivity contribution < 1.29 is 5.11 Å². The summed E-state index contributed by atoms with van der Waals surface area (Å²) in [5.41, 5.74) is 5.34. The Morgan fingerprint density at radius 2 is 1.74 bits per heavy atom. The zero-order valence-corrected chi connectivity index (χ0v) is 16.4. The van der Waals surface area contributed by atoms with E-state index < -0.39 is 0 Å². The van der Waals surface area contributed by atoms with E-state index in [0.29, 0.717) is 24.6 Å². The minimum atomic E-state index is 0.309. The summed E-state index contributed by atoms with van der Waals surface area (Å²) in [6, 6.07) is 18.5. The maximum absolute atomic E-state index is 9.99. The summed E-state index contributed by atoms with van der Waals surface area (Å²) in [6.07, 6.45) is 5.95. The molecule has 27 heavy (non-hydrogen) atoms. The van der Waals surface area contributed by atoms with Crippen LogP contribution in [-0.2, 0) is 0 Å². The van der Waals surface area contributed by atoms with Crippen LogP contribution in [0.2, 0.25) is 0 Å². The van der Waals surface area contributed by atoms with E-state index in [2.05, 4.69) is 65.7 Å². The number of nitrogens with one attached hydrogen (secondary N) is 1. The number of anilines is 1. The molecule has 2 atom stereocenters. The monoisotopic (exact) mass is 364 g/mol. The number of benzene rings is 2. The smallest absolute Gasteiger partial charge is 0.0478 e. The van der Waals surface area contributed by atoms with E-state index in [1.165, 1.54) is 48.1 Å². The standard InChI is InChI=1S/C24H32N2O/c1-18-22(19-7-3-2-4-8-19)10-6-11-23(18)26(21-13-15-25-16-14-21)24-12-5-9-20(24)17-27/h2-4,6-8,10-11,20-21,24-25,27H,5,9,12-17H2,1H3/t20-,24-/m1/s1. The first-order valence-electron chi connectivity index (χ1n) is 10.5. The highest BCUT2D eigenvalue weighted by Gasteiger charge is 2.36. The molecule has 2 aromatic carbocycles. The van der Waals surface area contributed by atoms with E-state index in [4.69, 9.17) is 0 Å². The van der Waals surface area contributed by atoms with E-state index in [9.17, 15) is 5.11 Å². The fraction of sp³-hybridized carbons (Fsp3) is 0.500. The molecule has 1 heterocycles. The Bertz CT molecular complexity index is 739. The van der Waals surface area contributed by atoms with Crippen LogP contribution in [0.5, 0.6) is 0 Å². The van der Waals surface area contributed by atoms with Crippen LogP contribution in [0.25, 0.3) is 11.1 Å². The fourth-order valence-electron chi connectivity index (χ4n) is 5.16. The molecule has 0 unspecified atom stereocenters. The number of hydrogen-bond donors (Lipinski definition) is 2. The Morgan fingerprint density at radius 3 is 2.48 bits per heavy atom. The van der Waals surface area contributed by atoms with Gasteiger partial charge in [-0.25, -0.2) is 0 Å². The zero-order chi connectivity index (χ0) is 18.6. The van der Waals surface area contributed by atoms with Crippen molar-refractivity contribution >= 4 is 5.69 Å². The number of piperidine rings is 1. The highest BCUT2D eigenvalue weighted by atomic mass is 16.3. The molecule has 144 valence electrons. The number of aliphatic hydroxyl groups is 1. The van der Waals surface area contributed by atoms with Gasteiger partial charge in [0.15, 0.2) is 0 Å². The first-order chi connectivity index (χ1) is 13.3. The molecule has 1 saturated carbocycles. The third-order valence-electron chi connectivity index (χ3n) is 6.58. The highest BCUT2D eigenvalue weighted by Crippen LogP contribution is 2.39. The highest BCUT2D eigenvalue weighted by molar-refractivity contribution is 5.74. The van der Waals surface area contributed by atoms with E-state index >= 15 is 0 Å². The van der Waals surface area contributed by atoms with Crippen LogP contribution < -0.4 is 10.2 Å². The van der Waals surface area contributed by atoms with Gasteiger partial charge in [-0.15, -0.1) is 0 Å². The largest absolute Gasteiger partial charge is 0.396 e. The SMILES string of the molecule is Cc1c(-c2ccccc2)cccc1N(C1CCNCC1)[C@@H]1CCC[C@@H]1CO. The lowest BCUT2D eigenvalue weighted by atomic mass is 9.92. The molecule has 2 aliphatic rings. The van der Waals surface area contributed by atoms with Crippen LogP contribution in [0.1, 0.15) is 37.7 Å². The van der Waals surface area contributed by atoms with Crippen LogP contribution in [0.4, 0.5) is 5.69 Å². The van der Waals surface area contributed by atoms with Crippen LogP contribution in [0.15, 0.2) is 48.5 Å². The van der Waals surface area contributed by atoms with Crippen LogP contribution in [0, 0.1) is 12.8 Å². The normalized spacial score (nSPS) is 23.5. The van der Waals surface area contributed by atoms with E-state index in [-0.39, 0.29) is 0 Å². The van der Waals surface area contributed by atoms with Crippen molar-refractivity contribution in [2.24, 2.45) is 5.92 Å². The van der Waals surface area contributed by atoms with Gasteiger partial charge in [-0.3, -0.25) is 0 Å². The number of aliphatic hydroxyl groups excluding tert-OH is 1. The second-order valence-electron chi connectivity index (χ2n) is 8.15. The number of hydrogen-bond acceptors (Lipinski definition) is 3. The van der Waals surface area contributed by atoms with Crippen molar-refractivity contribution in [2.75, 3.05) is 24.6 Å². The molecule has 4 rings (SSSR count). The van der Waals surface area contributed by atoms with E-state index in [0.717, 1.165) is 19.5 Å². The van der Waals surface area contributed by atoms with E-state index in [1.807, 2.05) is 0 Å². The van der Waals surface area contributed by atoms with Crippen molar-refractivity contribution in [3.05, 3.63) is 54.1 Å². The van der Waals surface area contributed by atoms with Crippen molar-refractivity contribution in [1.82, 2.24) is 5.32 Å². The lowest BCUT2D eigenvalue weighted by Gasteiger charge is -2.43. The van der Waals surface area contributed by atoms with Crippen molar-refractivity contribution in [1.29, 1.82) is 0 Å². The average molecular weight is 365 g/mol. The number of nitrogens with zero attached hydrogens (tertiary/aromatic N) is 1. The molecule has 0 radical (unpaired) electrons. The predicted molar refractivity (Wildman–Crippen MR) is 113 cm³/mol. The third-order valence-corrected chi connectivity index (χ3v) is 6.58. The minimum absolute atomic E-state index is 0.309. The first kappa shape index (κ1) is 18.5. The summed E-state index contributed by atoms with van der Waals surface area (Å²) < 4.78 is 0. The van der Waals surface area contributed by atoms with Gasteiger partial charge in [0.25, 0.3) is 0 Å². The van der Waals surface area contributed by atoms with Gasteiger partial charge in [-0.1, -0.05) is 48.9 Å². The molecule has 2 N–H and O–H groups in total. The summed E-state index contributed by atoms with van der Waals surface area (Å²) in [7, 11) is 0. The molecule has 0 bridgehead atoms. The molecule has 3 heteroatoms. The zero-order valence-electron chi connectivity index (χ0n) is 16.4. The topological polar surface area (TPSA) is 35.5 Å². The quantitative estimate of drug-likeness (QED) is 0.826. The second-order valence-corrected chi connectivity index (χ2v) is 8.15. The van der Waals surface area contributed by atoms with Gasteiger partial charge >= 0.3 is 0 Å². The molecule has 1 saturated heterocycles. The van der Waals surface area contributed by atoms with Crippen molar-refractivity contribution in [2.45, 2.75) is 51.1 Å².